The predicted octanol–water partition coefficient (Wildman–Crippen LogP) is 4.70. The number of carbonyl (C=O) groups is 1. The molecule has 0 fully saturated rings. The molecule has 23 heavy (non-hydrogen) atoms. The van der Waals surface area contributed by atoms with Crippen LogP contribution < -0.4 is 4.74 Å². The molecule has 0 aliphatic rings. The van der Waals surface area contributed by atoms with Crippen LogP contribution in [-0.4, -0.2) is 16.8 Å². The molecule has 0 heterocycles. The number of benzene rings is 2. The molecular weight excluding hydrogens is 373 g/mol. The lowest BCUT2D eigenvalue weighted by Gasteiger charge is -2.12. The number of hydrogen-bond acceptors (Lipinski definition) is 2. The Bertz CT molecular complexity index is 639. The number of carbonyl (C=O) groups excluding carboxylic acids is 1. The van der Waals surface area contributed by atoms with E-state index in [9.17, 15) is 18.0 Å². The molecule has 6 heteroatoms. The minimum atomic E-state index is -4.83. The van der Waals surface area contributed by atoms with Gasteiger partial charge >= 0.3 is 6.18 Å². The summed E-state index contributed by atoms with van der Waals surface area (Å²) in [6.07, 6.45) is -4.86. The molecule has 0 saturated heterocycles. The molecule has 122 valence electrons. The van der Waals surface area contributed by atoms with Gasteiger partial charge in [0.15, 0.2) is 0 Å². The first kappa shape index (κ1) is 17.5. The van der Waals surface area contributed by atoms with Crippen LogP contribution in [0.1, 0.15) is 11.1 Å². The Hall–Kier alpha value is -1.82. The maximum absolute atomic E-state index is 12.3. The summed E-state index contributed by atoms with van der Waals surface area (Å²) in [5.41, 5.74) is 1.64. The van der Waals surface area contributed by atoms with Gasteiger partial charge in [-0.1, -0.05) is 58.4 Å². The number of alkyl halides is 4. The fourth-order valence-electron chi connectivity index (χ4n) is 1.94. The van der Waals surface area contributed by atoms with E-state index in [1.165, 1.54) is 0 Å². The number of rotatable bonds is 6. The summed E-state index contributed by atoms with van der Waals surface area (Å²) in [6.45, 7) is 0.411. The molecule has 2 aromatic carbocycles. The van der Waals surface area contributed by atoms with Crippen molar-refractivity contribution < 1.29 is 22.7 Å². The number of ketones is 1. The van der Waals surface area contributed by atoms with Crippen molar-refractivity contribution in [1.82, 2.24) is 0 Å². The lowest BCUT2D eigenvalue weighted by molar-refractivity contribution is -0.170. The van der Waals surface area contributed by atoms with E-state index in [-0.39, 0.29) is 6.42 Å². The van der Waals surface area contributed by atoms with E-state index in [4.69, 9.17) is 4.74 Å². The molecule has 0 amide bonds. The van der Waals surface area contributed by atoms with E-state index in [0.717, 1.165) is 5.56 Å². The number of Topliss-reactive ketones (excluding diaryl/α,β-unsaturated/α-hetero) is 1. The Morgan fingerprint density at radius 2 is 1.61 bits per heavy atom. The number of ether oxygens (including phenoxy) is 1. The van der Waals surface area contributed by atoms with Crippen molar-refractivity contribution in [3.8, 4) is 5.75 Å². The van der Waals surface area contributed by atoms with Crippen LogP contribution in [0.5, 0.6) is 5.75 Å². The van der Waals surface area contributed by atoms with Crippen molar-refractivity contribution in [2.45, 2.75) is 24.0 Å². The third-order valence-electron chi connectivity index (χ3n) is 3.15. The predicted molar refractivity (Wildman–Crippen MR) is 84.7 cm³/mol. The molecule has 0 saturated carbocycles. The Balaban J connectivity index is 1.90. The number of hydrogen-bond donors (Lipinski definition) is 0. The topological polar surface area (TPSA) is 26.3 Å². The van der Waals surface area contributed by atoms with Gasteiger partial charge in [-0.25, -0.2) is 0 Å². The highest BCUT2D eigenvalue weighted by atomic mass is 79.9. The Kier molecular flexibility index (Phi) is 5.82. The van der Waals surface area contributed by atoms with Crippen LogP contribution in [0.3, 0.4) is 0 Å². The summed E-state index contributed by atoms with van der Waals surface area (Å²) in [5.74, 6) is -1.16. The monoisotopic (exact) mass is 386 g/mol. The van der Waals surface area contributed by atoms with Crippen molar-refractivity contribution >= 4 is 21.7 Å². The quantitative estimate of drug-likeness (QED) is 0.672. The highest BCUT2D eigenvalue weighted by Gasteiger charge is 2.42. The lowest BCUT2D eigenvalue weighted by atomic mass is 10.1. The molecule has 2 rings (SSSR count). The zero-order chi connectivity index (χ0) is 16.9. The second-order valence-corrected chi connectivity index (χ2v) is 6.06. The highest BCUT2D eigenvalue weighted by molar-refractivity contribution is 9.10. The summed E-state index contributed by atoms with van der Waals surface area (Å²) in [4.78, 5) is 9.82. The molecule has 0 bridgehead atoms. The zero-order valence-corrected chi connectivity index (χ0v) is 13.6. The van der Waals surface area contributed by atoms with E-state index in [2.05, 4.69) is 15.9 Å². The van der Waals surface area contributed by atoms with Crippen LogP contribution in [0.2, 0.25) is 0 Å². The van der Waals surface area contributed by atoms with Crippen LogP contribution in [0.4, 0.5) is 13.2 Å². The van der Waals surface area contributed by atoms with Gasteiger partial charge in [0.05, 0.1) is 4.83 Å². The Morgan fingerprint density at radius 1 is 1.00 bits per heavy atom. The molecule has 0 aliphatic carbocycles. The summed E-state index contributed by atoms with van der Waals surface area (Å²) >= 11 is 2.79. The van der Waals surface area contributed by atoms with Crippen molar-refractivity contribution in [2.24, 2.45) is 0 Å². The van der Waals surface area contributed by atoms with Gasteiger partial charge in [0.1, 0.15) is 12.4 Å². The zero-order valence-electron chi connectivity index (χ0n) is 12.0. The normalized spacial score (nSPS) is 12.7. The van der Waals surface area contributed by atoms with Gasteiger partial charge in [0, 0.05) is 0 Å². The smallest absolute Gasteiger partial charge is 0.451 e. The third kappa shape index (κ3) is 5.39. The van der Waals surface area contributed by atoms with Crippen molar-refractivity contribution in [2.75, 3.05) is 0 Å². The highest BCUT2D eigenvalue weighted by Crippen LogP contribution is 2.24. The summed E-state index contributed by atoms with van der Waals surface area (Å²) in [6, 6.07) is 16.3. The summed E-state index contributed by atoms with van der Waals surface area (Å²) in [7, 11) is 0. The standard InChI is InChI=1S/C17H14BrF3O2/c18-15(16(22)17(19,20)21)10-12-6-8-14(9-7-12)23-11-13-4-2-1-3-5-13/h1-9,15H,10-11H2. The summed E-state index contributed by atoms with van der Waals surface area (Å²) in [5, 5.41) is 0. The van der Waals surface area contributed by atoms with Gasteiger partial charge in [0.25, 0.3) is 0 Å². The fourth-order valence-corrected chi connectivity index (χ4v) is 2.57. The van der Waals surface area contributed by atoms with Crippen LogP contribution in [0, 0.1) is 0 Å². The van der Waals surface area contributed by atoms with Crippen LogP contribution >= 0.6 is 15.9 Å². The minimum Gasteiger partial charge on any atom is -0.489 e. The molecule has 0 aliphatic heterocycles. The first-order valence-electron chi connectivity index (χ1n) is 6.87. The largest absolute Gasteiger partial charge is 0.489 e. The molecule has 1 atom stereocenters. The molecular formula is C17H14BrF3O2. The molecule has 0 N–H and O–H groups in total. The average Bonchev–Trinajstić information content (AvgIpc) is 2.53. The SMILES string of the molecule is O=C(C(Br)Cc1ccc(OCc2ccccc2)cc1)C(F)(F)F. The molecule has 2 aromatic rings. The Labute approximate surface area is 140 Å². The fraction of sp³-hybridized carbons (Fsp3) is 0.235. The van der Waals surface area contributed by atoms with Gasteiger partial charge in [-0.3, -0.25) is 4.79 Å². The molecule has 1 unspecified atom stereocenters. The van der Waals surface area contributed by atoms with Gasteiger partial charge < -0.3 is 4.74 Å². The van der Waals surface area contributed by atoms with E-state index in [0.29, 0.717) is 17.9 Å². The lowest BCUT2D eigenvalue weighted by Crippen LogP contribution is -2.32. The minimum absolute atomic E-state index is 0.0304. The van der Waals surface area contributed by atoms with E-state index in [1.54, 1.807) is 24.3 Å². The van der Waals surface area contributed by atoms with E-state index >= 15 is 0 Å². The van der Waals surface area contributed by atoms with Gasteiger partial charge in [0.2, 0.25) is 5.78 Å². The van der Waals surface area contributed by atoms with Crippen molar-refractivity contribution in [3.05, 3.63) is 65.7 Å². The van der Waals surface area contributed by atoms with Gasteiger partial charge in [-0.2, -0.15) is 13.2 Å². The van der Waals surface area contributed by atoms with Gasteiger partial charge in [-0.15, -0.1) is 0 Å². The summed E-state index contributed by atoms with van der Waals surface area (Å²) < 4.78 is 42.6. The molecule has 0 spiro atoms. The maximum atomic E-state index is 12.3. The second kappa shape index (κ2) is 7.64. The molecule has 2 nitrogen and oxygen atoms in total. The van der Waals surface area contributed by atoms with Gasteiger partial charge in [-0.05, 0) is 29.7 Å². The van der Waals surface area contributed by atoms with Crippen LogP contribution in [-0.2, 0) is 17.8 Å². The first-order chi connectivity index (χ1) is 10.9. The number of halogens is 4. The van der Waals surface area contributed by atoms with Crippen molar-refractivity contribution in [1.29, 1.82) is 0 Å². The second-order valence-electron chi connectivity index (χ2n) is 4.95. The molecule has 0 aromatic heterocycles. The Morgan fingerprint density at radius 3 is 2.17 bits per heavy atom. The van der Waals surface area contributed by atoms with Crippen molar-refractivity contribution in [3.63, 3.8) is 0 Å². The van der Waals surface area contributed by atoms with E-state index < -0.39 is 16.8 Å². The molecule has 0 radical (unpaired) electrons. The maximum Gasteiger partial charge on any atom is 0.451 e. The van der Waals surface area contributed by atoms with Crippen LogP contribution in [0.25, 0.3) is 0 Å². The average molecular weight is 387 g/mol. The first-order valence-corrected chi connectivity index (χ1v) is 7.78. The van der Waals surface area contributed by atoms with E-state index in [1.807, 2.05) is 30.3 Å². The van der Waals surface area contributed by atoms with Crippen LogP contribution in [0.15, 0.2) is 54.6 Å². The third-order valence-corrected chi connectivity index (χ3v) is 3.89.